The first kappa shape index (κ1) is 15.6. The predicted molar refractivity (Wildman–Crippen MR) is 91.1 cm³/mol. The number of nitrogens with zero attached hydrogens (tertiary/aromatic N) is 1. The van der Waals surface area contributed by atoms with E-state index in [1.807, 2.05) is 0 Å². The molecule has 2 fully saturated rings. The second-order valence-corrected chi connectivity index (χ2v) is 6.33. The number of cyclic esters (lactones) is 1. The minimum atomic E-state index is -0.775. The largest absolute Gasteiger partial charge is 0.447 e. The zero-order chi connectivity index (χ0) is 17.4. The standard InChI is InChI=1S/C19H17FN2O3/c20-16-4-2-1-3-15(16)19(9-10-19)17(23)21-13-5-7-14(8-6-13)22-11-12-25-18(22)24/h1-8H,9-12H2,(H,21,23). The zero-order valence-electron chi connectivity index (χ0n) is 13.5. The molecule has 128 valence electrons. The van der Waals surface area contributed by atoms with Crippen LogP contribution >= 0.6 is 0 Å². The van der Waals surface area contributed by atoms with Gasteiger partial charge in [0.05, 0.1) is 12.0 Å². The normalized spacial score (nSPS) is 18.0. The van der Waals surface area contributed by atoms with Gasteiger partial charge in [-0.25, -0.2) is 9.18 Å². The summed E-state index contributed by atoms with van der Waals surface area (Å²) in [5.41, 5.74) is 1.01. The molecule has 0 radical (unpaired) electrons. The average Bonchev–Trinajstić information content (AvgIpc) is 3.32. The molecule has 0 bridgehead atoms. The third kappa shape index (κ3) is 2.73. The molecule has 0 unspecified atom stereocenters. The number of carbonyl (C=O) groups is 2. The van der Waals surface area contributed by atoms with Crippen LogP contribution in [0.1, 0.15) is 18.4 Å². The van der Waals surface area contributed by atoms with Gasteiger partial charge in [-0.2, -0.15) is 0 Å². The quantitative estimate of drug-likeness (QED) is 0.927. The van der Waals surface area contributed by atoms with Gasteiger partial charge in [0, 0.05) is 16.9 Å². The first-order chi connectivity index (χ1) is 12.1. The predicted octanol–water partition coefficient (Wildman–Crippen LogP) is 3.45. The van der Waals surface area contributed by atoms with Crippen LogP contribution in [0.4, 0.5) is 20.6 Å². The highest BCUT2D eigenvalue weighted by Gasteiger charge is 2.52. The van der Waals surface area contributed by atoms with Gasteiger partial charge in [-0.3, -0.25) is 9.69 Å². The molecular formula is C19H17FN2O3. The van der Waals surface area contributed by atoms with E-state index in [4.69, 9.17) is 4.74 Å². The van der Waals surface area contributed by atoms with Crippen LogP contribution in [0.15, 0.2) is 48.5 Å². The average molecular weight is 340 g/mol. The first-order valence-electron chi connectivity index (χ1n) is 8.21. The van der Waals surface area contributed by atoms with Gasteiger partial charge in [-0.1, -0.05) is 18.2 Å². The molecule has 1 saturated carbocycles. The van der Waals surface area contributed by atoms with Gasteiger partial charge >= 0.3 is 6.09 Å². The van der Waals surface area contributed by atoms with Crippen molar-refractivity contribution in [2.24, 2.45) is 0 Å². The number of ether oxygens (including phenoxy) is 1. The van der Waals surface area contributed by atoms with Crippen LogP contribution in [0.25, 0.3) is 0 Å². The van der Waals surface area contributed by atoms with Crippen molar-refractivity contribution in [3.8, 4) is 0 Å². The Labute approximate surface area is 144 Å². The van der Waals surface area contributed by atoms with Crippen molar-refractivity contribution >= 4 is 23.4 Å². The smallest absolute Gasteiger partial charge is 0.414 e. The second-order valence-electron chi connectivity index (χ2n) is 6.33. The molecule has 25 heavy (non-hydrogen) atoms. The van der Waals surface area contributed by atoms with Gasteiger partial charge in [-0.15, -0.1) is 0 Å². The Morgan fingerprint density at radius 3 is 2.44 bits per heavy atom. The zero-order valence-corrected chi connectivity index (χ0v) is 13.5. The molecule has 2 aliphatic rings. The lowest BCUT2D eigenvalue weighted by Gasteiger charge is -2.17. The highest BCUT2D eigenvalue weighted by atomic mass is 19.1. The summed E-state index contributed by atoms with van der Waals surface area (Å²) in [6.45, 7) is 0.892. The maximum absolute atomic E-state index is 14.1. The van der Waals surface area contributed by atoms with E-state index in [0.717, 1.165) is 5.69 Å². The number of anilines is 2. The Bertz CT molecular complexity index is 831. The molecule has 1 saturated heterocycles. The lowest BCUT2D eigenvalue weighted by atomic mass is 9.94. The Balaban J connectivity index is 1.50. The van der Waals surface area contributed by atoms with Crippen LogP contribution in [0.5, 0.6) is 0 Å². The van der Waals surface area contributed by atoms with Crippen LogP contribution in [0, 0.1) is 5.82 Å². The van der Waals surface area contributed by atoms with E-state index in [0.29, 0.717) is 37.2 Å². The summed E-state index contributed by atoms with van der Waals surface area (Å²) in [5.74, 6) is -0.552. The molecule has 0 aromatic heterocycles. The van der Waals surface area contributed by atoms with Gasteiger partial charge < -0.3 is 10.1 Å². The van der Waals surface area contributed by atoms with E-state index in [2.05, 4.69) is 5.32 Å². The van der Waals surface area contributed by atoms with Gasteiger partial charge in [0.15, 0.2) is 0 Å². The number of rotatable bonds is 4. The summed E-state index contributed by atoms with van der Waals surface area (Å²) >= 11 is 0. The number of amides is 2. The number of nitrogens with one attached hydrogen (secondary N) is 1. The highest BCUT2D eigenvalue weighted by Crippen LogP contribution is 2.49. The fourth-order valence-electron chi connectivity index (χ4n) is 3.20. The SMILES string of the molecule is O=C1OCCN1c1ccc(NC(=O)C2(c3ccccc3F)CC2)cc1. The third-order valence-corrected chi connectivity index (χ3v) is 4.77. The summed E-state index contributed by atoms with van der Waals surface area (Å²) in [7, 11) is 0. The van der Waals surface area contributed by atoms with Crippen molar-refractivity contribution in [1.29, 1.82) is 0 Å². The van der Waals surface area contributed by atoms with E-state index in [9.17, 15) is 14.0 Å². The van der Waals surface area contributed by atoms with Crippen LogP contribution in [-0.4, -0.2) is 25.2 Å². The van der Waals surface area contributed by atoms with Gasteiger partial charge in [0.1, 0.15) is 12.4 Å². The molecule has 1 heterocycles. The van der Waals surface area contributed by atoms with Crippen molar-refractivity contribution in [2.75, 3.05) is 23.4 Å². The van der Waals surface area contributed by atoms with Gasteiger partial charge in [-0.05, 0) is 43.2 Å². The van der Waals surface area contributed by atoms with Crippen LogP contribution < -0.4 is 10.2 Å². The summed E-state index contributed by atoms with van der Waals surface area (Å²) in [4.78, 5) is 25.8. The molecule has 0 atom stereocenters. The molecule has 1 N–H and O–H groups in total. The number of hydrogen-bond donors (Lipinski definition) is 1. The summed E-state index contributed by atoms with van der Waals surface area (Å²) in [5, 5.41) is 2.86. The summed E-state index contributed by atoms with van der Waals surface area (Å²) < 4.78 is 19.0. The summed E-state index contributed by atoms with van der Waals surface area (Å²) in [6, 6.07) is 13.4. The molecule has 5 nitrogen and oxygen atoms in total. The van der Waals surface area contributed by atoms with E-state index in [1.165, 1.54) is 11.0 Å². The van der Waals surface area contributed by atoms with E-state index in [-0.39, 0.29) is 17.8 Å². The molecule has 2 aromatic carbocycles. The number of carbonyl (C=O) groups excluding carboxylic acids is 2. The van der Waals surface area contributed by atoms with Crippen LogP contribution in [0.3, 0.4) is 0 Å². The van der Waals surface area contributed by atoms with Crippen LogP contribution in [-0.2, 0) is 14.9 Å². The van der Waals surface area contributed by atoms with Gasteiger partial charge in [0.2, 0.25) is 5.91 Å². The molecule has 1 aliphatic heterocycles. The first-order valence-corrected chi connectivity index (χ1v) is 8.21. The minimum Gasteiger partial charge on any atom is -0.447 e. The molecule has 2 amide bonds. The minimum absolute atomic E-state index is 0.203. The van der Waals surface area contributed by atoms with Crippen molar-refractivity contribution in [3.05, 3.63) is 59.9 Å². The van der Waals surface area contributed by atoms with E-state index in [1.54, 1.807) is 42.5 Å². The molecule has 4 rings (SSSR count). The topological polar surface area (TPSA) is 58.6 Å². The Hall–Kier alpha value is -2.89. The maximum Gasteiger partial charge on any atom is 0.414 e. The molecule has 0 spiro atoms. The number of halogens is 1. The Kier molecular flexibility index (Phi) is 3.67. The Morgan fingerprint density at radius 1 is 1.12 bits per heavy atom. The van der Waals surface area contributed by atoms with E-state index < -0.39 is 5.41 Å². The molecule has 1 aliphatic carbocycles. The summed E-state index contributed by atoms with van der Waals surface area (Å²) in [6.07, 6.45) is 0.905. The maximum atomic E-state index is 14.1. The highest BCUT2D eigenvalue weighted by molar-refractivity contribution is 6.01. The lowest BCUT2D eigenvalue weighted by molar-refractivity contribution is -0.118. The number of benzene rings is 2. The molecule has 2 aromatic rings. The monoisotopic (exact) mass is 340 g/mol. The third-order valence-electron chi connectivity index (χ3n) is 4.77. The van der Waals surface area contributed by atoms with Crippen molar-refractivity contribution in [3.63, 3.8) is 0 Å². The Morgan fingerprint density at radius 2 is 1.84 bits per heavy atom. The van der Waals surface area contributed by atoms with Crippen LogP contribution in [0.2, 0.25) is 0 Å². The molecular weight excluding hydrogens is 323 g/mol. The fraction of sp³-hybridized carbons (Fsp3) is 0.263. The van der Waals surface area contributed by atoms with Crippen molar-refractivity contribution in [1.82, 2.24) is 0 Å². The van der Waals surface area contributed by atoms with Crippen molar-refractivity contribution in [2.45, 2.75) is 18.3 Å². The van der Waals surface area contributed by atoms with Crippen molar-refractivity contribution < 1.29 is 18.7 Å². The second kappa shape index (κ2) is 5.88. The number of hydrogen-bond acceptors (Lipinski definition) is 3. The fourth-order valence-corrected chi connectivity index (χ4v) is 3.20. The lowest BCUT2D eigenvalue weighted by Crippen LogP contribution is -2.28. The van der Waals surface area contributed by atoms with E-state index >= 15 is 0 Å². The van der Waals surface area contributed by atoms with Gasteiger partial charge in [0.25, 0.3) is 0 Å². The molecule has 6 heteroatoms.